The fourth-order valence-corrected chi connectivity index (χ4v) is 5.12. The molecule has 9 heteroatoms. The Kier molecular flexibility index (Phi) is 10.0. The normalized spacial score (nSPS) is 11.1. The van der Waals surface area contributed by atoms with E-state index in [0.29, 0.717) is 23.1 Å². The Morgan fingerprint density at radius 1 is 0.944 bits per heavy atom. The first-order valence-corrected chi connectivity index (χ1v) is 13.7. The standard InChI is InChI=1S/C27H31ClN2O5S/c1-3-7-21-10-14-23(15-11-21)35-19-18-29-27(31)20-30(25-8-5-6-9-26(25)34-4-2)36(32,33)24-16-12-22(28)13-17-24/h5-6,8-17H,3-4,7,18-20H2,1-2H3,(H,29,31). The molecule has 0 aliphatic rings. The van der Waals surface area contributed by atoms with Gasteiger partial charge in [0.15, 0.2) is 0 Å². The molecule has 0 fully saturated rings. The lowest BCUT2D eigenvalue weighted by Gasteiger charge is -2.26. The van der Waals surface area contributed by atoms with Gasteiger partial charge >= 0.3 is 0 Å². The Morgan fingerprint density at radius 3 is 2.31 bits per heavy atom. The molecule has 0 aliphatic carbocycles. The molecule has 0 heterocycles. The molecule has 3 rings (SSSR count). The summed E-state index contributed by atoms with van der Waals surface area (Å²) in [7, 11) is -4.09. The number of carbonyl (C=O) groups excluding carboxylic acids is 1. The minimum absolute atomic E-state index is 0.0147. The largest absolute Gasteiger partial charge is 0.492 e. The summed E-state index contributed by atoms with van der Waals surface area (Å²) < 4.78 is 39.5. The predicted octanol–water partition coefficient (Wildman–Crippen LogP) is 5.08. The van der Waals surface area contributed by atoms with Crippen LogP contribution in [-0.4, -0.2) is 40.6 Å². The van der Waals surface area contributed by atoms with Crippen LogP contribution in [0.5, 0.6) is 11.5 Å². The van der Waals surface area contributed by atoms with Crippen LogP contribution in [0.1, 0.15) is 25.8 Å². The molecule has 0 saturated heterocycles. The Bertz CT molecular complexity index is 1230. The van der Waals surface area contributed by atoms with Crippen molar-refractivity contribution in [2.45, 2.75) is 31.6 Å². The molecule has 0 bridgehead atoms. The molecule has 0 spiro atoms. The monoisotopic (exact) mass is 530 g/mol. The number of hydrogen-bond acceptors (Lipinski definition) is 5. The number of para-hydroxylation sites is 2. The van der Waals surface area contributed by atoms with Crippen LogP contribution < -0.4 is 19.1 Å². The molecule has 0 unspecified atom stereocenters. The minimum Gasteiger partial charge on any atom is -0.492 e. The average Bonchev–Trinajstić information content (AvgIpc) is 2.87. The summed E-state index contributed by atoms with van der Waals surface area (Å²) in [4.78, 5) is 12.8. The van der Waals surface area contributed by atoms with E-state index in [1.807, 2.05) is 24.3 Å². The van der Waals surface area contributed by atoms with Crippen molar-refractivity contribution in [1.29, 1.82) is 0 Å². The van der Waals surface area contributed by atoms with Crippen LogP contribution in [0, 0.1) is 0 Å². The van der Waals surface area contributed by atoms with Crippen molar-refractivity contribution in [3.8, 4) is 11.5 Å². The van der Waals surface area contributed by atoms with Gasteiger partial charge in [0, 0.05) is 5.02 Å². The van der Waals surface area contributed by atoms with E-state index in [-0.39, 0.29) is 23.7 Å². The topological polar surface area (TPSA) is 84.9 Å². The van der Waals surface area contributed by atoms with Gasteiger partial charge < -0.3 is 14.8 Å². The predicted molar refractivity (Wildman–Crippen MR) is 143 cm³/mol. The number of rotatable bonds is 13. The lowest BCUT2D eigenvalue weighted by molar-refractivity contribution is -0.119. The number of ether oxygens (including phenoxy) is 2. The molecule has 0 saturated carbocycles. The van der Waals surface area contributed by atoms with Crippen LogP contribution in [0.2, 0.25) is 5.02 Å². The molecule has 36 heavy (non-hydrogen) atoms. The molecule has 7 nitrogen and oxygen atoms in total. The highest BCUT2D eigenvalue weighted by Crippen LogP contribution is 2.32. The van der Waals surface area contributed by atoms with Gasteiger partial charge in [0.05, 0.1) is 23.7 Å². The summed E-state index contributed by atoms with van der Waals surface area (Å²) >= 11 is 5.94. The number of sulfonamides is 1. The Balaban J connectivity index is 1.71. The van der Waals surface area contributed by atoms with Gasteiger partial charge in [-0.25, -0.2) is 8.42 Å². The van der Waals surface area contributed by atoms with Gasteiger partial charge in [0.25, 0.3) is 10.0 Å². The maximum atomic E-state index is 13.5. The van der Waals surface area contributed by atoms with E-state index < -0.39 is 22.5 Å². The van der Waals surface area contributed by atoms with Crippen molar-refractivity contribution in [3.63, 3.8) is 0 Å². The number of amides is 1. The molecule has 0 radical (unpaired) electrons. The lowest BCUT2D eigenvalue weighted by atomic mass is 10.1. The van der Waals surface area contributed by atoms with E-state index in [9.17, 15) is 13.2 Å². The van der Waals surface area contributed by atoms with Crippen LogP contribution in [-0.2, 0) is 21.2 Å². The second-order valence-electron chi connectivity index (χ2n) is 7.96. The smallest absolute Gasteiger partial charge is 0.264 e. The molecular weight excluding hydrogens is 500 g/mol. The van der Waals surface area contributed by atoms with Crippen LogP contribution in [0.4, 0.5) is 5.69 Å². The summed E-state index contributed by atoms with van der Waals surface area (Å²) in [6, 6.07) is 20.4. The Morgan fingerprint density at radius 2 is 1.64 bits per heavy atom. The zero-order valence-corrected chi connectivity index (χ0v) is 22.0. The van der Waals surface area contributed by atoms with Crippen molar-refractivity contribution in [2.75, 3.05) is 30.6 Å². The number of hydrogen-bond donors (Lipinski definition) is 1. The summed E-state index contributed by atoms with van der Waals surface area (Å²) in [5, 5.41) is 3.15. The van der Waals surface area contributed by atoms with Crippen LogP contribution >= 0.6 is 11.6 Å². The Hall–Kier alpha value is -3.23. The summed E-state index contributed by atoms with van der Waals surface area (Å²) in [5.41, 5.74) is 1.51. The van der Waals surface area contributed by atoms with Gasteiger partial charge in [-0.05, 0) is 67.4 Å². The third-order valence-corrected chi connectivity index (χ3v) is 7.30. The van der Waals surface area contributed by atoms with Crippen LogP contribution in [0.3, 0.4) is 0 Å². The summed E-state index contributed by atoms with van der Waals surface area (Å²) in [5.74, 6) is 0.600. The highest BCUT2D eigenvalue weighted by Gasteiger charge is 2.29. The number of carbonyl (C=O) groups is 1. The van der Waals surface area contributed by atoms with Gasteiger partial charge in [-0.2, -0.15) is 0 Å². The SMILES string of the molecule is CCCc1ccc(OCCNC(=O)CN(c2ccccc2OCC)S(=O)(=O)c2ccc(Cl)cc2)cc1. The number of benzene rings is 3. The third-order valence-electron chi connectivity index (χ3n) is 5.28. The van der Waals surface area contributed by atoms with E-state index in [4.69, 9.17) is 21.1 Å². The molecule has 192 valence electrons. The highest BCUT2D eigenvalue weighted by molar-refractivity contribution is 7.92. The van der Waals surface area contributed by atoms with Crippen LogP contribution in [0.25, 0.3) is 0 Å². The van der Waals surface area contributed by atoms with Crippen molar-refractivity contribution in [2.24, 2.45) is 0 Å². The summed E-state index contributed by atoms with van der Waals surface area (Å²) in [6.07, 6.45) is 2.09. The van der Waals surface area contributed by atoms with Crippen molar-refractivity contribution < 1.29 is 22.7 Å². The number of nitrogens with one attached hydrogen (secondary N) is 1. The molecule has 1 amide bonds. The lowest BCUT2D eigenvalue weighted by Crippen LogP contribution is -2.42. The first-order valence-electron chi connectivity index (χ1n) is 11.8. The van der Waals surface area contributed by atoms with E-state index in [2.05, 4.69) is 12.2 Å². The van der Waals surface area contributed by atoms with Gasteiger partial charge in [0.2, 0.25) is 5.91 Å². The number of nitrogens with zero attached hydrogens (tertiary/aromatic N) is 1. The Labute approximate surface area is 218 Å². The average molecular weight is 531 g/mol. The second kappa shape index (κ2) is 13.2. The van der Waals surface area contributed by atoms with E-state index >= 15 is 0 Å². The molecular formula is C27H31ClN2O5S. The van der Waals surface area contributed by atoms with Crippen molar-refractivity contribution >= 4 is 33.2 Å². The molecule has 3 aromatic carbocycles. The van der Waals surface area contributed by atoms with Crippen molar-refractivity contribution in [3.05, 3.63) is 83.4 Å². The second-order valence-corrected chi connectivity index (χ2v) is 10.3. The minimum atomic E-state index is -4.09. The van der Waals surface area contributed by atoms with Gasteiger partial charge in [-0.3, -0.25) is 9.10 Å². The van der Waals surface area contributed by atoms with E-state index in [1.165, 1.54) is 29.8 Å². The highest BCUT2D eigenvalue weighted by atomic mass is 35.5. The quantitative estimate of drug-likeness (QED) is 0.311. The number of aryl methyl sites for hydroxylation is 1. The fraction of sp³-hybridized carbons (Fsp3) is 0.296. The van der Waals surface area contributed by atoms with Gasteiger partial charge in [-0.1, -0.05) is 49.2 Å². The molecule has 0 aliphatic heterocycles. The third kappa shape index (κ3) is 7.38. The van der Waals surface area contributed by atoms with Crippen LogP contribution in [0.15, 0.2) is 77.7 Å². The van der Waals surface area contributed by atoms with Gasteiger partial charge in [0.1, 0.15) is 24.7 Å². The molecule has 1 N–H and O–H groups in total. The first kappa shape index (κ1) is 27.4. The molecule has 0 aromatic heterocycles. The van der Waals surface area contributed by atoms with E-state index in [0.717, 1.165) is 17.1 Å². The zero-order valence-electron chi connectivity index (χ0n) is 20.4. The number of anilines is 1. The number of halogens is 1. The maximum absolute atomic E-state index is 13.5. The zero-order chi connectivity index (χ0) is 26.0. The maximum Gasteiger partial charge on any atom is 0.264 e. The molecule has 0 atom stereocenters. The van der Waals surface area contributed by atoms with E-state index in [1.54, 1.807) is 31.2 Å². The van der Waals surface area contributed by atoms with Crippen molar-refractivity contribution in [1.82, 2.24) is 5.32 Å². The first-order chi connectivity index (χ1) is 17.3. The fourth-order valence-electron chi connectivity index (χ4n) is 3.56. The van der Waals surface area contributed by atoms with Gasteiger partial charge in [-0.15, -0.1) is 0 Å². The summed E-state index contributed by atoms with van der Waals surface area (Å²) in [6.45, 7) is 4.31. The molecule has 3 aromatic rings.